The van der Waals surface area contributed by atoms with Crippen molar-refractivity contribution in [2.45, 2.75) is 37.9 Å². The molecule has 0 aromatic carbocycles. The Kier molecular flexibility index (Phi) is 3.47. The van der Waals surface area contributed by atoms with Crippen LogP contribution in [0.3, 0.4) is 0 Å². The van der Waals surface area contributed by atoms with Crippen molar-refractivity contribution in [2.75, 3.05) is 6.54 Å². The SMILES string of the molecule is O=C(O)CN[C@@H]1CCCC[C@H]1F. The van der Waals surface area contributed by atoms with E-state index in [1.165, 1.54) is 0 Å². The number of hydrogen-bond acceptors (Lipinski definition) is 2. The summed E-state index contributed by atoms with van der Waals surface area (Å²) in [6, 6.07) is -0.241. The van der Waals surface area contributed by atoms with Gasteiger partial charge in [0.25, 0.3) is 0 Å². The van der Waals surface area contributed by atoms with Crippen molar-refractivity contribution in [3.05, 3.63) is 0 Å². The van der Waals surface area contributed by atoms with Crippen molar-refractivity contribution in [3.8, 4) is 0 Å². The Morgan fingerprint density at radius 3 is 2.75 bits per heavy atom. The van der Waals surface area contributed by atoms with E-state index in [0.717, 1.165) is 19.3 Å². The van der Waals surface area contributed by atoms with Crippen molar-refractivity contribution >= 4 is 5.97 Å². The van der Waals surface area contributed by atoms with Crippen LogP contribution in [0.2, 0.25) is 0 Å². The molecule has 1 aliphatic carbocycles. The number of nitrogens with one attached hydrogen (secondary N) is 1. The van der Waals surface area contributed by atoms with E-state index in [2.05, 4.69) is 5.32 Å². The minimum absolute atomic E-state index is 0.134. The Morgan fingerprint density at radius 1 is 1.50 bits per heavy atom. The molecule has 2 atom stereocenters. The van der Waals surface area contributed by atoms with Gasteiger partial charge < -0.3 is 10.4 Å². The van der Waals surface area contributed by atoms with Crippen LogP contribution >= 0.6 is 0 Å². The second-order valence-corrected chi connectivity index (χ2v) is 3.18. The summed E-state index contributed by atoms with van der Waals surface area (Å²) >= 11 is 0. The van der Waals surface area contributed by atoms with Crippen molar-refractivity contribution < 1.29 is 14.3 Å². The summed E-state index contributed by atoms with van der Waals surface area (Å²) in [6.07, 6.45) is 2.38. The summed E-state index contributed by atoms with van der Waals surface area (Å²) in [6.45, 7) is -0.134. The quantitative estimate of drug-likeness (QED) is 0.671. The largest absolute Gasteiger partial charge is 0.480 e. The minimum atomic E-state index is -0.923. The van der Waals surface area contributed by atoms with E-state index in [1.54, 1.807) is 0 Å². The minimum Gasteiger partial charge on any atom is -0.480 e. The second kappa shape index (κ2) is 4.40. The van der Waals surface area contributed by atoms with E-state index >= 15 is 0 Å². The third kappa shape index (κ3) is 2.77. The Hall–Kier alpha value is -0.640. The van der Waals surface area contributed by atoms with E-state index in [4.69, 9.17) is 5.11 Å². The van der Waals surface area contributed by atoms with E-state index < -0.39 is 12.1 Å². The Morgan fingerprint density at radius 2 is 2.17 bits per heavy atom. The predicted molar refractivity (Wildman–Crippen MR) is 42.8 cm³/mol. The van der Waals surface area contributed by atoms with Crippen molar-refractivity contribution in [1.29, 1.82) is 0 Å². The molecule has 0 saturated heterocycles. The van der Waals surface area contributed by atoms with Gasteiger partial charge in [-0.05, 0) is 12.8 Å². The molecule has 0 aliphatic heterocycles. The van der Waals surface area contributed by atoms with Crippen LogP contribution in [0.25, 0.3) is 0 Å². The molecule has 0 unspecified atom stereocenters. The highest BCUT2D eigenvalue weighted by molar-refractivity contribution is 5.69. The van der Waals surface area contributed by atoms with E-state index in [1.807, 2.05) is 0 Å². The van der Waals surface area contributed by atoms with Crippen LogP contribution in [0.4, 0.5) is 4.39 Å². The van der Waals surface area contributed by atoms with E-state index in [-0.39, 0.29) is 12.6 Å². The molecular weight excluding hydrogens is 161 g/mol. The van der Waals surface area contributed by atoms with Crippen molar-refractivity contribution in [2.24, 2.45) is 0 Å². The lowest BCUT2D eigenvalue weighted by Crippen LogP contribution is -2.42. The van der Waals surface area contributed by atoms with E-state index in [9.17, 15) is 9.18 Å². The van der Waals surface area contributed by atoms with Gasteiger partial charge in [-0.25, -0.2) is 4.39 Å². The van der Waals surface area contributed by atoms with Crippen LogP contribution in [-0.2, 0) is 4.79 Å². The van der Waals surface area contributed by atoms with Gasteiger partial charge in [0.1, 0.15) is 6.17 Å². The lowest BCUT2D eigenvalue weighted by molar-refractivity contribution is -0.136. The van der Waals surface area contributed by atoms with Gasteiger partial charge in [-0.1, -0.05) is 12.8 Å². The molecule has 0 radical (unpaired) electrons. The number of alkyl halides is 1. The molecule has 0 spiro atoms. The zero-order valence-corrected chi connectivity index (χ0v) is 6.92. The molecule has 0 aromatic rings. The fourth-order valence-corrected chi connectivity index (χ4v) is 1.53. The average molecular weight is 175 g/mol. The van der Waals surface area contributed by atoms with E-state index in [0.29, 0.717) is 6.42 Å². The standard InChI is InChI=1S/C8H14FNO2/c9-6-3-1-2-4-7(6)10-5-8(11)12/h6-7,10H,1-5H2,(H,11,12)/t6-,7-/m1/s1. The molecule has 12 heavy (non-hydrogen) atoms. The summed E-state index contributed by atoms with van der Waals surface area (Å²) in [7, 11) is 0. The van der Waals surface area contributed by atoms with Crippen LogP contribution in [-0.4, -0.2) is 29.8 Å². The molecule has 1 fully saturated rings. The highest BCUT2D eigenvalue weighted by atomic mass is 19.1. The van der Waals surface area contributed by atoms with Crippen LogP contribution < -0.4 is 5.32 Å². The van der Waals surface area contributed by atoms with Gasteiger partial charge in [0, 0.05) is 6.04 Å². The van der Waals surface area contributed by atoms with Gasteiger partial charge in [-0.15, -0.1) is 0 Å². The van der Waals surface area contributed by atoms with Gasteiger partial charge in [-0.2, -0.15) is 0 Å². The molecule has 0 bridgehead atoms. The first-order valence-corrected chi connectivity index (χ1v) is 4.29. The first-order chi connectivity index (χ1) is 5.70. The monoisotopic (exact) mass is 175 g/mol. The van der Waals surface area contributed by atoms with Crippen LogP contribution in [0.15, 0.2) is 0 Å². The Labute approximate surface area is 71.0 Å². The second-order valence-electron chi connectivity index (χ2n) is 3.18. The molecule has 0 aromatic heterocycles. The Bertz CT molecular complexity index is 163. The molecule has 4 heteroatoms. The lowest BCUT2D eigenvalue weighted by atomic mass is 9.94. The smallest absolute Gasteiger partial charge is 0.317 e. The average Bonchev–Trinajstić information content (AvgIpc) is 2.03. The normalized spacial score (nSPS) is 30.1. The van der Waals surface area contributed by atoms with Gasteiger partial charge in [0.15, 0.2) is 0 Å². The van der Waals surface area contributed by atoms with Gasteiger partial charge in [-0.3, -0.25) is 4.79 Å². The lowest BCUT2D eigenvalue weighted by Gasteiger charge is -2.25. The third-order valence-corrected chi connectivity index (χ3v) is 2.20. The molecule has 1 aliphatic rings. The van der Waals surface area contributed by atoms with Gasteiger partial charge >= 0.3 is 5.97 Å². The number of rotatable bonds is 3. The molecule has 1 saturated carbocycles. The first kappa shape index (κ1) is 9.45. The van der Waals surface area contributed by atoms with Gasteiger partial charge in [0.2, 0.25) is 0 Å². The molecule has 3 nitrogen and oxygen atoms in total. The summed E-state index contributed by atoms with van der Waals surface area (Å²) in [4.78, 5) is 10.2. The molecule has 2 N–H and O–H groups in total. The number of halogens is 1. The van der Waals surface area contributed by atoms with Gasteiger partial charge in [0.05, 0.1) is 6.54 Å². The summed E-state index contributed by atoms with van der Waals surface area (Å²) in [5, 5.41) is 11.0. The zero-order chi connectivity index (χ0) is 8.97. The maximum absolute atomic E-state index is 13.0. The van der Waals surface area contributed by atoms with Crippen LogP contribution in [0.1, 0.15) is 25.7 Å². The van der Waals surface area contributed by atoms with Crippen LogP contribution in [0.5, 0.6) is 0 Å². The molecule has 70 valence electrons. The highest BCUT2D eigenvalue weighted by Crippen LogP contribution is 2.20. The highest BCUT2D eigenvalue weighted by Gasteiger charge is 2.24. The first-order valence-electron chi connectivity index (χ1n) is 4.29. The number of aliphatic carboxylic acids is 1. The number of carboxylic acid groups (broad SMARTS) is 1. The van der Waals surface area contributed by atoms with Crippen molar-refractivity contribution in [1.82, 2.24) is 5.32 Å². The third-order valence-electron chi connectivity index (χ3n) is 2.20. The number of hydrogen-bond donors (Lipinski definition) is 2. The van der Waals surface area contributed by atoms with Crippen LogP contribution in [0, 0.1) is 0 Å². The fraction of sp³-hybridized carbons (Fsp3) is 0.875. The topological polar surface area (TPSA) is 49.3 Å². The summed E-state index contributed by atoms with van der Waals surface area (Å²) < 4.78 is 13.0. The fourth-order valence-electron chi connectivity index (χ4n) is 1.53. The Balaban J connectivity index is 2.24. The molecule has 0 heterocycles. The summed E-state index contributed by atoms with van der Waals surface area (Å²) in [5.41, 5.74) is 0. The molecule has 1 rings (SSSR count). The molecule has 0 amide bonds. The summed E-state index contributed by atoms with van der Waals surface area (Å²) in [5.74, 6) is -0.923. The predicted octanol–water partition coefficient (Wildman–Crippen LogP) is 0.941. The maximum atomic E-state index is 13.0. The maximum Gasteiger partial charge on any atom is 0.317 e. The van der Waals surface area contributed by atoms with Crippen molar-refractivity contribution in [3.63, 3.8) is 0 Å². The zero-order valence-electron chi connectivity index (χ0n) is 6.92. The number of carbonyl (C=O) groups is 1. The molecular formula is C8H14FNO2. The number of carboxylic acids is 1.